The van der Waals surface area contributed by atoms with Crippen molar-refractivity contribution in [3.63, 3.8) is 0 Å². The van der Waals surface area contributed by atoms with E-state index < -0.39 is 35.1 Å². The van der Waals surface area contributed by atoms with Crippen molar-refractivity contribution >= 4 is 40.6 Å². The van der Waals surface area contributed by atoms with Gasteiger partial charge in [0.1, 0.15) is 11.3 Å². The lowest BCUT2D eigenvalue weighted by atomic mass is 9.74. The summed E-state index contributed by atoms with van der Waals surface area (Å²) in [5, 5.41) is 0.389. The van der Waals surface area contributed by atoms with Gasteiger partial charge in [-0.2, -0.15) is 0 Å². The number of ketones is 1. The Morgan fingerprint density at radius 1 is 1.27 bits per heavy atom. The molecule has 182 valence electrons. The maximum atomic E-state index is 13.1. The number of carbonyl (C=O) groups is 3. The first kappa shape index (κ1) is 25.8. The number of nitrogens with zero attached hydrogens (tertiary/aromatic N) is 1. The van der Waals surface area contributed by atoms with Crippen molar-refractivity contribution in [3.05, 3.63) is 34.9 Å². The van der Waals surface area contributed by atoms with Gasteiger partial charge in [-0.25, -0.2) is 9.59 Å². The zero-order valence-electron chi connectivity index (χ0n) is 19.1. The molecule has 8 nitrogen and oxygen atoms in total. The molecule has 1 aromatic carbocycles. The van der Waals surface area contributed by atoms with Crippen LogP contribution in [0.3, 0.4) is 0 Å². The third-order valence-corrected chi connectivity index (χ3v) is 7.98. The topological polar surface area (TPSA) is 105 Å². The number of Topliss-reactive ketones (excluding diaryl/α,β-unsaturated/α-hetero) is 1. The monoisotopic (exact) mass is 499 g/mol. The van der Waals surface area contributed by atoms with Gasteiger partial charge in [0.05, 0.1) is 18.6 Å². The molecule has 1 aliphatic heterocycles. The summed E-state index contributed by atoms with van der Waals surface area (Å²) in [5.74, 6) is -0.805. The summed E-state index contributed by atoms with van der Waals surface area (Å²) in [7, 11) is 1.49. The smallest absolute Gasteiger partial charge is 0.413 e. The van der Waals surface area contributed by atoms with Crippen LogP contribution >= 0.6 is 11.6 Å². The van der Waals surface area contributed by atoms with Crippen LogP contribution in [0.1, 0.15) is 45.1 Å². The molecule has 1 aliphatic carbocycles. The van der Waals surface area contributed by atoms with Crippen LogP contribution in [0.4, 0.5) is 4.79 Å². The summed E-state index contributed by atoms with van der Waals surface area (Å²) in [4.78, 5) is 39.5. The second kappa shape index (κ2) is 10.6. The largest absolute Gasteiger partial charge is 0.616 e. The predicted molar refractivity (Wildman–Crippen MR) is 123 cm³/mol. The summed E-state index contributed by atoms with van der Waals surface area (Å²) in [6.07, 6.45) is 0.193. The van der Waals surface area contributed by atoms with Gasteiger partial charge in [-0.3, -0.25) is 9.69 Å². The maximum Gasteiger partial charge on any atom is 0.413 e. The van der Waals surface area contributed by atoms with Gasteiger partial charge in [0.15, 0.2) is 5.78 Å². The van der Waals surface area contributed by atoms with Gasteiger partial charge in [-0.15, -0.1) is 0 Å². The Balaban J connectivity index is 1.63. The molecule has 33 heavy (non-hydrogen) atoms. The van der Waals surface area contributed by atoms with Crippen molar-refractivity contribution in [2.75, 3.05) is 31.8 Å². The number of halogens is 1. The van der Waals surface area contributed by atoms with E-state index in [9.17, 15) is 18.9 Å². The van der Waals surface area contributed by atoms with Crippen molar-refractivity contribution < 1.29 is 33.1 Å². The van der Waals surface area contributed by atoms with E-state index in [2.05, 4.69) is 0 Å². The van der Waals surface area contributed by atoms with Crippen LogP contribution in [-0.2, 0) is 40.5 Å². The normalized spacial score (nSPS) is 23.7. The molecule has 0 spiro atoms. The highest BCUT2D eigenvalue weighted by Gasteiger charge is 2.49. The first-order valence-electron chi connectivity index (χ1n) is 10.9. The molecular formula is C23H30ClNO7S. The molecule has 10 heteroatoms. The molecule has 1 aromatic rings. The van der Waals surface area contributed by atoms with Crippen LogP contribution in [0.25, 0.3) is 0 Å². The van der Waals surface area contributed by atoms with E-state index in [1.165, 1.54) is 18.9 Å². The van der Waals surface area contributed by atoms with Crippen LogP contribution < -0.4 is 0 Å². The zero-order valence-corrected chi connectivity index (χ0v) is 20.7. The van der Waals surface area contributed by atoms with E-state index in [0.29, 0.717) is 42.4 Å². The van der Waals surface area contributed by atoms with Gasteiger partial charge in [-0.1, -0.05) is 36.7 Å². The van der Waals surface area contributed by atoms with Crippen LogP contribution in [0.15, 0.2) is 24.3 Å². The Morgan fingerprint density at radius 3 is 2.58 bits per heavy atom. The van der Waals surface area contributed by atoms with Crippen LogP contribution in [-0.4, -0.2) is 65.4 Å². The lowest BCUT2D eigenvalue weighted by Gasteiger charge is -2.43. The molecule has 1 amide bonds. The predicted octanol–water partition coefficient (Wildman–Crippen LogP) is 3.42. The standard InChI is InChI=1S/C23H30ClNO7S/c1-16(31-20(27)12-33(29)15-22(2)13-30-14-22)32-21(28)25(3)23(11-7-6-10-19(23)26)17-8-4-5-9-18(17)24/h4-5,8-9,16H,6-7,10-15H2,1-3H3/t16?,23-,33?/m0/s1. The number of ether oxygens (including phenoxy) is 3. The minimum Gasteiger partial charge on any atom is -0.616 e. The Hall–Kier alpha value is -1.81. The minimum absolute atomic E-state index is 0.116. The molecule has 0 radical (unpaired) electrons. The Morgan fingerprint density at radius 2 is 1.97 bits per heavy atom. The van der Waals surface area contributed by atoms with Gasteiger partial charge >= 0.3 is 12.1 Å². The number of amides is 1. The van der Waals surface area contributed by atoms with Crippen LogP contribution in [0.5, 0.6) is 0 Å². The van der Waals surface area contributed by atoms with E-state index in [4.69, 9.17) is 25.8 Å². The van der Waals surface area contributed by atoms with Crippen molar-refractivity contribution in [3.8, 4) is 0 Å². The Labute approximate surface area is 202 Å². The highest BCUT2D eigenvalue weighted by molar-refractivity contribution is 7.92. The average Bonchev–Trinajstić information content (AvgIpc) is 2.72. The highest BCUT2D eigenvalue weighted by Crippen LogP contribution is 2.42. The van der Waals surface area contributed by atoms with E-state index in [-0.39, 0.29) is 17.0 Å². The molecule has 3 atom stereocenters. The molecule has 2 unspecified atom stereocenters. The molecule has 0 bridgehead atoms. The summed E-state index contributed by atoms with van der Waals surface area (Å²) < 4.78 is 27.8. The fourth-order valence-electron chi connectivity index (χ4n) is 4.35. The van der Waals surface area contributed by atoms with E-state index >= 15 is 0 Å². The number of esters is 1. The van der Waals surface area contributed by atoms with Gasteiger partial charge < -0.3 is 18.8 Å². The van der Waals surface area contributed by atoms with Gasteiger partial charge in [0.2, 0.25) is 12.0 Å². The summed E-state index contributed by atoms with van der Waals surface area (Å²) >= 11 is 4.99. The molecular weight excluding hydrogens is 470 g/mol. The molecule has 0 N–H and O–H groups in total. The maximum absolute atomic E-state index is 13.1. The molecule has 3 rings (SSSR count). The van der Waals surface area contributed by atoms with E-state index in [1.807, 2.05) is 6.92 Å². The molecule has 1 heterocycles. The molecule has 2 fully saturated rings. The highest BCUT2D eigenvalue weighted by atomic mass is 35.5. The summed E-state index contributed by atoms with van der Waals surface area (Å²) in [5.41, 5.74) is -0.894. The average molecular weight is 500 g/mol. The van der Waals surface area contributed by atoms with Crippen molar-refractivity contribution in [1.29, 1.82) is 0 Å². The third kappa shape index (κ3) is 5.82. The Bertz CT molecular complexity index is 893. The number of likely N-dealkylation sites (N-methyl/N-ethyl adjacent to an activating group) is 1. The molecule has 0 aromatic heterocycles. The SMILES string of the molecule is CC(OC(=O)C[S+]([O-])CC1(C)COC1)OC(=O)N(C)[C@]1(c2ccccc2Cl)CCCCC1=O. The summed E-state index contributed by atoms with van der Waals surface area (Å²) in [6, 6.07) is 6.95. The lowest BCUT2D eigenvalue weighted by Crippen LogP contribution is -2.54. The Kier molecular flexibility index (Phi) is 8.31. The van der Waals surface area contributed by atoms with E-state index in [1.54, 1.807) is 24.3 Å². The number of carbonyl (C=O) groups excluding carboxylic acids is 3. The summed E-state index contributed by atoms with van der Waals surface area (Å²) in [6.45, 7) is 4.37. The first-order chi connectivity index (χ1) is 15.6. The fourth-order valence-corrected chi connectivity index (χ4v) is 6.02. The second-order valence-electron chi connectivity index (χ2n) is 9.00. The van der Waals surface area contributed by atoms with Crippen molar-refractivity contribution in [2.45, 2.75) is 51.4 Å². The number of hydrogen-bond donors (Lipinski definition) is 0. The first-order valence-corrected chi connectivity index (χ1v) is 12.8. The van der Waals surface area contributed by atoms with Gasteiger partial charge in [0.25, 0.3) is 0 Å². The molecule has 1 saturated heterocycles. The molecule has 2 aliphatic rings. The van der Waals surface area contributed by atoms with Crippen LogP contribution in [0.2, 0.25) is 5.02 Å². The minimum atomic E-state index is -1.41. The number of benzene rings is 1. The second-order valence-corrected chi connectivity index (χ2v) is 10.9. The molecule has 1 saturated carbocycles. The van der Waals surface area contributed by atoms with Crippen molar-refractivity contribution in [2.24, 2.45) is 5.41 Å². The van der Waals surface area contributed by atoms with Crippen molar-refractivity contribution in [1.82, 2.24) is 4.90 Å². The third-order valence-electron chi connectivity index (χ3n) is 6.07. The number of rotatable bonds is 8. The number of hydrogen-bond acceptors (Lipinski definition) is 7. The zero-order chi connectivity index (χ0) is 24.2. The van der Waals surface area contributed by atoms with E-state index in [0.717, 1.165) is 12.8 Å². The van der Waals surface area contributed by atoms with Gasteiger partial charge in [-0.05, 0) is 36.5 Å². The fraction of sp³-hybridized carbons (Fsp3) is 0.609. The van der Waals surface area contributed by atoms with Crippen LogP contribution in [0, 0.1) is 5.41 Å². The van der Waals surface area contributed by atoms with Gasteiger partial charge in [0, 0.05) is 31.0 Å². The quantitative estimate of drug-likeness (QED) is 0.306. The lowest BCUT2D eigenvalue weighted by molar-refractivity contribution is -0.164.